The Hall–Kier alpha value is -0.410. The van der Waals surface area contributed by atoms with Gasteiger partial charge in [-0.1, -0.05) is 6.92 Å². The Morgan fingerprint density at radius 1 is 1.73 bits per heavy atom. The molecule has 0 bridgehead atoms. The van der Waals surface area contributed by atoms with Gasteiger partial charge in [-0.15, -0.1) is 11.3 Å². The highest BCUT2D eigenvalue weighted by atomic mass is 32.1. The molecule has 1 rings (SSSR count). The molecule has 1 atom stereocenters. The van der Waals surface area contributed by atoms with E-state index >= 15 is 0 Å². The van der Waals surface area contributed by atoms with Gasteiger partial charge in [0.2, 0.25) is 0 Å². The van der Waals surface area contributed by atoms with Gasteiger partial charge in [-0.25, -0.2) is 4.98 Å². The normalized spacial score (nSPS) is 13.4. The van der Waals surface area contributed by atoms with Crippen molar-refractivity contribution >= 4 is 11.3 Å². The van der Waals surface area contributed by atoms with Gasteiger partial charge in [0.15, 0.2) is 0 Å². The topological polar surface area (TPSA) is 33.1 Å². The second-order valence-corrected chi connectivity index (χ2v) is 3.64. The summed E-state index contributed by atoms with van der Waals surface area (Å²) in [6.45, 7) is 4.26. The van der Waals surface area contributed by atoms with E-state index in [4.69, 9.17) is 5.11 Å². The smallest absolute Gasteiger partial charge is 0.0897 e. The molecule has 1 unspecified atom stereocenters. The van der Waals surface area contributed by atoms with E-state index in [2.05, 4.69) is 11.9 Å². The Morgan fingerprint density at radius 2 is 2.45 bits per heavy atom. The van der Waals surface area contributed by atoms with Crippen molar-refractivity contribution in [2.45, 2.75) is 26.2 Å². The van der Waals surface area contributed by atoms with Crippen LogP contribution >= 0.6 is 11.3 Å². The Labute approximate surface area is 70.9 Å². The van der Waals surface area contributed by atoms with E-state index in [0.29, 0.717) is 0 Å². The van der Waals surface area contributed by atoms with Crippen LogP contribution in [0.5, 0.6) is 0 Å². The maximum absolute atomic E-state index is 8.95. The van der Waals surface area contributed by atoms with Gasteiger partial charge in [0.25, 0.3) is 0 Å². The second-order valence-electron chi connectivity index (χ2n) is 2.58. The molecule has 1 N–H and O–H groups in total. The predicted octanol–water partition coefficient (Wildman–Crippen LogP) is 1.94. The number of nitrogens with zero attached hydrogens (tertiary/aromatic N) is 1. The van der Waals surface area contributed by atoms with Gasteiger partial charge in [-0.2, -0.15) is 0 Å². The molecule has 0 saturated heterocycles. The number of rotatable bonds is 3. The van der Waals surface area contributed by atoms with E-state index in [-0.39, 0.29) is 12.5 Å². The lowest BCUT2D eigenvalue weighted by Crippen LogP contribution is -2.02. The van der Waals surface area contributed by atoms with Gasteiger partial charge in [-0.3, -0.25) is 0 Å². The number of hydrogen-bond donors (Lipinski definition) is 1. The molecular formula is C8H13NOS. The molecule has 3 heteroatoms. The van der Waals surface area contributed by atoms with Gasteiger partial charge < -0.3 is 5.11 Å². The van der Waals surface area contributed by atoms with Crippen molar-refractivity contribution in [3.63, 3.8) is 0 Å². The van der Waals surface area contributed by atoms with Crippen molar-refractivity contribution in [2.24, 2.45) is 0 Å². The molecule has 0 aromatic carbocycles. The average Bonchev–Trinajstić information content (AvgIpc) is 2.39. The Morgan fingerprint density at radius 3 is 2.82 bits per heavy atom. The van der Waals surface area contributed by atoms with Crippen LogP contribution < -0.4 is 0 Å². The van der Waals surface area contributed by atoms with Gasteiger partial charge >= 0.3 is 0 Å². The Bertz CT molecular complexity index is 218. The summed E-state index contributed by atoms with van der Waals surface area (Å²) in [6.07, 6.45) is 0.958. The molecule has 11 heavy (non-hydrogen) atoms. The summed E-state index contributed by atoms with van der Waals surface area (Å²) in [5, 5.41) is 12.1. The third kappa shape index (κ3) is 2.01. The zero-order valence-corrected chi connectivity index (χ0v) is 7.69. The lowest BCUT2D eigenvalue weighted by molar-refractivity contribution is 0.260. The first kappa shape index (κ1) is 8.68. The molecule has 0 fully saturated rings. The second kappa shape index (κ2) is 3.83. The van der Waals surface area contributed by atoms with E-state index in [1.807, 2.05) is 12.3 Å². The number of hydrogen-bond acceptors (Lipinski definition) is 3. The number of thiazole rings is 1. The van der Waals surface area contributed by atoms with Gasteiger partial charge in [0.1, 0.15) is 0 Å². The Balaban J connectivity index is 2.73. The van der Waals surface area contributed by atoms with Crippen LogP contribution in [0.25, 0.3) is 0 Å². The van der Waals surface area contributed by atoms with Crippen molar-refractivity contribution in [1.29, 1.82) is 0 Å². The van der Waals surface area contributed by atoms with Crippen LogP contribution in [-0.2, 0) is 0 Å². The van der Waals surface area contributed by atoms with Crippen molar-refractivity contribution in [3.05, 3.63) is 16.1 Å². The molecule has 62 valence electrons. The van der Waals surface area contributed by atoms with E-state index < -0.39 is 0 Å². The zero-order chi connectivity index (χ0) is 8.27. The monoisotopic (exact) mass is 171 g/mol. The van der Waals surface area contributed by atoms with E-state index in [0.717, 1.165) is 17.1 Å². The minimum atomic E-state index is 0.208. The lowest BCUT2D eigenvalue weighted by atomic mass is 10.1. The maximum Gasteiger partial charge on any atom is 0.0897 e. The molecule has 0 aliphatic heterocycles. The fourth-order valence-corrected chi connectivity index (χ4v) is 1.69. The van der Waals surface area contributed by atoms with Crippen molar-refractivity contribution < 1.29 is 5.11 Å². The molecule has 0 aliphatic rings. The highest BCUT2D eigenvalue weighted by Gasteiger charge is 2.10. The molecule has 0 saturated carbocycles. The molecule has 0 amide bonds. The van der Waals surface area contributed by atoms with Crippen molar-refractivity contribution in [2.75, 3.05) is 6.61 Å². The standard InChI is InChI=1S/C8H13NOS/c1-3-7(4-10)8-5-11-6(2)9-8/h5,7,10H,3-4H2,1-2H3. The first-order valence-electron chi connectivity index (χ1n) is 3.80. The zero-order valence-electron chi connectivity index (χ0n) is 6.87. The van der Waals surface area contributed by atoms with E-state index in [1.165, 1.54) is 0 Å². The summed E-state index contributed by atoms with van der Waals surface area (Å²) < 4.78 is 0. The quantitative estimate of drug-likeness (QED) is 0.754. The summed E-state index contributed by atoms with van der Waals surface area (Å²) in [5.41, 5.74) is 1.04. The molecule has 1 aromatic heterocycles. The SMILES string of the molecule is CCC(CO)c1csc(C)n1. The third-order valence-electron chi connectivity index (χ3n) is 1.77. The number of aliphatic hydroxyl groups is 1. The fraction of sp³-hybridized carbons (Fsp3) is 0.625. The molecule has 2 nitrogen and oxygen atoms in total. The number of aromatic nitrogens is 1. The number of aliphatic hydroxyl groups excluding tert-OH is 1. The van der Waals surface area contributed by atoms with Gasteiger partial charge in [0.05, 0.1) is 17.3 Å². The molecular weight excluding hydrogens is 158 g/mol. The largest absolute Gasteiger partial charge is 0.396 e. The summed E-state index contributed by atoms with van der Waals surface area (Å²) in [7, 11) is 0. The van der Waals surface area contributed by atoms with Gasteiger partial charge in [0, 0.05) is 11.3 Å². The third-order valence-corrected chi connectivity index (χ3v) is 2.56. The van der Waals surface area contributed by atoms with Crippen molar-refractivity contribution in [3.8, 4) is 0 Å². The van der Waals surface area contributed by atoms with Crippen LogP contribution in [0, 0.1) is 6.92 Å². The molecule has 0 spiro atoms. The first-order valence-corrected chi connectivity index (χ1v) is 4.68. The average molecular weight is 171 g/mol. The van der Waals surface area contributed by atoms with Crippen molar-refractivity contribution in [1.82, 2.24) is 4.98 Å². The van der Waals surface area contributed by atoms with E-state index in [9.17, 15) is 0 Å². The highest BCUT2D eigenvalue weighted by Crippen LogP contribution is 2.20. The lowest BCUT2D eigenvalue weighted by Gasteiger charge is -2.06. The number of aryl methyl sites for hydroxylation is 1. The Kier molecular flexibility index (Phi) is 3.02. The minimum absolute atomic E-state index is 0.208. The van der Waals surface area contributed by atoms with E-state index in [1.54, 1.807) is 11.3 Å². The first-order chi connectivity index (χ1) is 5.27. The van der Waals surface area contributed by atoms with Crippen LogP contribution in [0.1, 0.15) is 30.0 Å². The van der Waals surface area contributed by atoms with Gasteiger partial charge in [-0.05, 0) is 13.3 Å². The summed E-state index contributed by atoms with van der Waals surface area (Å²) in [5.74, 6) is 0.236. The highest BCUT2D eigenvalue weighted by molar-refractivity contribution is 7.09. The predicted molar refractivity (Wildman–Crippen MR) is 47.0 cm³/mol. The summed E-state index contributed by atoms with van der Waals surface area (Å²) >= 11 is 1.64. The van der Waals surface area contributed by atoms with Crippen LogP contribution in [0.4, 0.5) is 0 Å². The molecule has 0 aliphatic carbocycles. The maximum atomic E-state index is 8.95. The van der Waals surface area contributed by atoms with Crippen LogP contribution in [-0.4, -0.2) is 16.7 Å². The van der Waals surface area contributed by atoms with Crippen LogP contribution in [0.2, 0.25) is 0 Å². The molecule has 0 radical (unpaired) electrons. The minimum Gasteiger partial charge on any atom is -0.396 e. The fourth-order valence-electron chi connectivity index (χ4n) is 0.999. The van der Waals surface area contributed by atoms with Crippen LogP contribution in [0.3, 0.4) is 0 Å². The molecule has 1 aromatic rings. The molecule has 1 heterocycles. The summed E-state index contributed by atoms with van der Waals surface area (Å²) in [6, 6.07) is 0. The summed E-state index contributed by atoms with van der Waals surface area (Å²) in [4.78, 5) is 4.31. The van der Waals surface area contributed by atoms with Crippen LogP contribution in [0.15, 0.2) is 5.38 Å².